The Morgan fingerprint density at radius 2 is 2.12 bits per heavy atom. The summed E-state index contributed by atoms with van der Waals surface area (Å²) in [4.78, 5) is 12.4. The zero-order valence-electron chi connectivity index (χ0n) is 9.41. The number of nitrogens with two attached hydrogens (primary N) is 1. The van der Waals surface area contributed by atoms with Gasteiger partial charge >= 0.3 is 6.09 Å². The van der Waals surface area contributed by atoms with Crippen molar-refractivity contribution in [2.45, 2.75) is 25.1 Å². The fourth-order valence-electron chi connectivity index (χ4n) is 2.26. The normalized spacial score (nSPS) is 20.8. The maximum atomic E-state index is 11.2. The second-order valence-corrected chi connectivity index (χ2v) is 4.25. The summed E-state index contributed by atoms with van der Waals surface area (Å²) < 4.78 is 0. The van der Waals surface area contributed by atoms with E-state index in [2.05, 4.69) is 0 Å². The van der Waals surface area contributed by atoms with Crippen LogP contribution in [0.25, 0.3) is 0 Å². The molecule has 0 spiro atoms. The largest absolute Gasteiger partial charge is 0.465 e. The number of carboxylic acid groups (broad SMARTS) is 1. The Kier molecular flexibility index (Phi) is 3.31. The first kappa shape index (κ1) is 11.9. The van der Waals surface area contributed by atoms with E-state index >= 15 is 0 Å². The van der Waals surface area contributed by atoms with E-state index in [-0.39, 0.29) is 6.54 Å². The lowest BCUT2D eigenvalue weighted by Crippen LogP contribution is -2.52. The Balaban J connectivity index is 2.31. The molecule has 5 heteroatoms. The van der Waals surface area contributed by atoms with E-state index in [1.165, 1.54) is 4.90 Å². The molecule has 1 heterocycles. The van der Waals surface area contributed by atoms with Crippen LogP contribution in [0.2, 0.25) is 0 Å². The molecule has 0 aliphatic carbocycles. The first-order valence-electron chi connectivity index (χ1n) is 5.58. The molecule has 2 rings (SSSR count). The van der Waals surface area contributed by atoms with Crippen molar-refractivity contribution in [2.75, 3.05) is 6.54 Å². The van der Waals surface area contributed by atoms with Crippen LogP contribution in [0.4, 0.5) is 4.79 Å². The summed E-state index contributed by atoms with van der Waals surface area (Å²) in [5.74, 6) is 0. The predicted octanol–water partition coefficient (Wildman–Crippen LogP) is 0.411. The van der Waals surface area contributed by atoms with Crippen LogP contribution in [0.15, 0.2) is 24.3 Å². The van der Waals surface area contributed by atoms with Crippen LogP contribution < -0.4 is 5.73 Å². The van der Waals surface area contributed by atoms with Gasteiger partial charge in [-0.2, -0.15) is 0 Å². The van der Waals surface area contributed by atoms with Gasteiger partial charge in [0.2, 0.25) is 0 Å². The minimum absolute atomic E-state index is 0.0661. The lowest BCUT2D eigenvalue weighted by atomic mass is 9.91. The van der Waals surface area contributed by atoms with E-state index in [4.69, 9.17) is 10.8 Å². The smallest absolute Gasteiger partial charge is 0.407 e. The number of fused-ring (bicyclic) bond motifs is 1. The summed E-state index contributed by atoms with van der Waals surface area (Å²) in [6.45, 7) is 0.379. The Morgan fingerprint density at radius 1 is 1.47 bits per heavy atom. The van der Waals surface area contributed by atoms with Gasteiger partial charge in [0.1, 0.15) is 0 Å². The van der Waals surface area contributed by atoms with Gasteiger partial charge in [-0.15, -0.1) is 0 Å². The van der Waals surface area contributed by atoms with Crippen LogP contribution in [0.1, 0.15) is 11.1 Å². The summed E-state index contributed by atoms with van der Waals surface area (Å²) in [5, 5.41) is 19.0. The maximum absolute atomic E-state index is 11.2. The van der Waals surface area contributed by atoms with Crippen molar-refractivity contribution in [3.8, 4) is 0 Å². The number of hydrogen-bond acceptors (Lipinski definition) is 3. The van der Waals surface area contributed by atoms with Crippen LogP contribution in [0, 0.1) is 0 Å². The first-order chi connectivity index (χ1) is 8.13. The van der Waals surface area contributed by atoms with Gasteiger partial charge in [0.25, 0.3) is 0 Å². The van der Waals surface area contributed by atoms with Crippen molar-refractivity contribution in [3.05, 3.63) is 35.4 Å². The van der Waals surface area contributed by atoms with Crippen LogP contribution in [-0.2, 0) is 13.0 Å². The predicted molar refractivity (Wildman–Crippen MR) is 62.6 cm³/mol. The molecule has 1 unspecified atom stereocenters. The van der Waals surface area contributed by atoms with Crippen molar-refractivity contribution >= 4 is 6.09 Å². The first-order valence-corrected chi connectivity index (χ1v) is 5.58. The SMILES string of the molecule is NCC(O)[C@H]1Cc2ccccc2CN1C(=O)O. The van der Waals surface area contributed by atoms with Crippen LogP contribution in [0.3, 0.4) is 0 Å². The summed E-state index contributed by atoms with van der Waals surface area (Å²) in [5.41, 5.74) is 7.50. The van der Waals surface area contributed by atoms with Crippen LogP contribution in [-0.4, -0.2) is 39.9 Å². The monoisotopic (exact) mass is 236 g/mol. The molecule has 92 valence electrons. The molecule has 0 fully saturated rings. The molecule has 0 aromatic heterocycles. The number of rotatable bonds is 2. The topological polar surface area (TPSA) is 86.8 Å². The highest BCUT2D eigenvalue weighted by Crippen LogP contribution is 2.24. The molecular formula is C12H16N2O3. The average molecular weight is 236 g/mol. The molecule has 0 radical (unpaired) electrons. The third kappa shape index (κ3) is 2.25. The number of amides is 1. The van der Waals surface area contributed by atoms with E-state index < -0.39 is 18.2 Å². The molecule has 4 N–H and O–H groups in total. The van der Waals surface area contributed by atoms with Gasteiger partial charge in [-0.1, -0.05) is 24.3 Å². The van der Waals surface area contributed by atoms with Crippen molar-refractivity contribution in [1.82, 2.24) is 4.90 Å². The Bertz CT molecular complexity index is 422. The van der Waals surface area contributed by atoms with E-state index in [1.54, 1.807) is 0 Å². The molecule has 0 saturated carbocycles. The van der Waals surface area contributed by atoms with Crippen molar-refractivity contribution in [1.29, 1.82) is 0 Å². The summed E-state index contributed by atoms with van der Waals surface area (Å²) >= 11 is 0. The molecule has 1 amide bonds. The Morgan fingerprint density at radius 3 is 2.71 bits per heavy atom. The van der Waals surface area contributed by atoms with Gasteiger partial charge in [-0.25, -0.2) is 4.79 Å². The molecule has 1 aliphatic rings. The maximum Gasteiger partial charge on any atom is 0.407 e. The molecule has 0 bridgehead atoms. The van der Waals surface area contributed by atoms with Gasteiger partial charge < -0.3 is 15.9 Å². The second kappa shape index (κ2) is 4.73. The van der Waals surface area contributed by atoms with Crippen LogP contribution in [0.5, 0.6) is 0 Å². The van der Waals surface area contributed by atoms with Gasteiger partial charge in [-0.3, -0.25) is 4.90 Å². The molecule has 5 nitrogen and oxygen atoms in total. The van der Waals surface area contributed by atoms with Gasteiger partial charge in [0, 0.05) is 13.1 Å². The second-order valence-electron chi connectivity index (χ2n) is 4.25. The van der Waals surface area contributed by atoms with E-state index in [9.17, 15) is 9.90 Å². The van der Waals surface area contributed by atoms with Crippen molar-refractivity contribution in [2.24, 2.45) is 5.73 Å². The van der Waals surface area contributed by atoms with Crippen molar-refractivity contribution in [3.63, 3.8) is 0 Å². The number of hydrogen-bond donors (Lipinski definition) is 3. The van der Waals surface area contributed by atoms with Crippen LogP contribution >= 0.6 is 0 Å². The lowest BCUT2D eigenvalue weighted by Gasteiger charge is -2.37. The highest BCUT2D eigenvalue weighted by atomic mass is 16.4. The fourth-order valence-corrected chi connectivity index (χ4v) is 2.26. The highest BCUT2D eigenvalue weighted by molar-refractivity contribution is 5.66. The van der Waals surface area contributed by atoms with Gasteiger partial charge in [-0.05, 0) is 17.5 Å². The third-order valence-corrected chi connectivity index (χ3v) is 3.22. The molecule has 1 aromatic carbocycles. The summed E-state index contributed by atoms with van der Waals surface area (Å²) in [6.07, 6.45) is -1.32. The number of aliphatic hydroxyl groups is 1. The van der Waals surface area contributed by atoms with E-state index in [0.29, 0.717) is 13.0 Å². The molecule has 1 aliphatic heterocycles. The average Bonchev–Trinajstić information content (AvgIpc) is 2.36. The molecule has 0 saturated heterocycles. The number of benzene rings is 1. The highest BCUT2D eigenvalue weighted by Gasteiger charge is 2.33. The molecule has 2 atom stereocenters. The van der Waals surface area contributed by atoms with E-state index in [1.807, 2.05) is 24.3 Å². The number of carbonyl (C=O) groups is 1. The number of nitrogens with zero attached hydrogens (tertiary/aromatic N) is 1. The zero-order chi connectivity index (χ0) is 12.4. The Labute approximate surface area is 99.5 Å². The lowest BCUT2D eigenvalue weighted by molar-refractivity contribution is 0.0431. The van der Waals surface area contributed by atoms with Crippen molar-refractivity contribution < 1.29 is 15.0 Å². The van der Waals surface area contributed by atoms with E-state index in [0.717, 1.165) is 11.1 Å². The minimum Gasteiger partial charge on any atom is -0.465 e. The van der Waals surface area contributed by atoms with Gasteiger partial charge in [0.05, 0.1) is 12.1 Å². The minimum atomic E-state index is -1.02. The third-order valence-electron chi connectivity index (χ3n) is 3.22. The Hall–Kier alpha value is -1.59. The standard InChI is InChI=1S/C12H16N2O3/c13-6-11(15)10-5-8-3-1-2-4-9(8)7-14(10)12(16)17/h1-4,10-11,15H,5-7,13H2,(H,16,17)/t10-,11?/m1/s1. The fraction of sp³-hybridized carbons (Fsp3) is 0.417. The zero-order valence-corrected chi connectivity index (χ0v) is 9.41. The summed E-state index contributed by atoms with van der Waals surface area (Å²) in [7, 11) is 0. The molecule has 17 heavy (non-hydrogen) atoms. The molecule has 1 aromatic rings. The number of aliphatic hydroxyl groups excluding tert-OH is 1. The quantitative estimate of drug-likeness (QED) is 0.694. The van der Waals surface area contributed by atoms with Gasteiger partial charge in [0.15, 0.2) is 0 Å². The summed E-state index contributed by atoms with van der Waals surface area (Å²) in [6, 6.07) is 7.23. The molecular weight excluding hydrogens is 220 g/mol.